The Balaban J connectivity index is 2.33. The summed E-state index contributed by atoms with van der Waals surface area (Å²) in [5.41, 5.74) is 4.73. The highest BCUT2D eigenvalue weighted by molar-refractivity contribution is 5.95. The summed E-state index contributed by atoms with van der Waals surface area (Å²) in [6, 6.07) is 1.84. The van der Waals surface area contributed by atoms with E-state index in [1.165, 1.54) is 0 Å². The van der Waals surface area contributed by atoms with E-state index in [0.717, 1.165) is 31.4 Å². The predicted molar refractivity (Wildman–Crippen MR) is 65.1 cm³/mol. The zero-order valence-corrected chi connectivity index (χ0v) is 10.2. The fourth-order valence-corrected chi connectivity index (χ4v) is 2.32. The van der Waals surface area contributed by atoms with E-state index in [-0.39, 0.29) is 17.3 Å². The maximum absolute atomic E-state index is 13.8. The molecule has 18 heavy (non-hydrogen) atoms. The molecule has 1 saturated heterocycles. The molecule has 0 radical (unpaired) electrons. The van der Waals surface area contributed by atoms with E-state index in [9.17, 15) is 13.6 Å². The maximum Gasteiger partial charge on any atom is 0.257 e. The summed E-state index contributed by atoms with van der Waals surface area (Å²) in [7, 11) is 0. The van der Waals surface area contributed by atoms with Crippen molar-refractivity contribution in [3.05, 3.63) is 29.3 Å². The summed E-state index contributed by atoms with van der Waals surface area (Å²) < 4.78 is 27.0. The second kappa shape index (κ2) is 4.92. The van der Waals surface area contributed by atoms with Crippen LogP contribution in [0, 0.1) is 11.6 Å². The first-order chi connectivity index (χ1) is 8.50. The molecule has 1 heterocycles. The molecule has 2 N–H and O–H groups in total. The lowest BCUT2D eigenvalue weighted by Crippen LogP contribution is -2.42. The fourth-order valence-electron chi connectivity index (χ4n) is 2.32. The average molecular weight is 254 g/mol. The Hall–Kier alpha value is -1.65. The van der Waals surface area contributed by atoms with Crippen molar-refractivity contribution in [3.63, 3.8) is 0 Å². The Morgan fingerprint density at radius 2 is 2.11 bits per heavy atom. The highest BCUT2D eigenvalue weighted by Crippen LogP contribution is 2.23. The van der Waals surface area contributed by atoms with Gasteiger partial charge in [0.15, 0.2) is 5.82 Å². The molecule has 3 nitrogen and oxygen atoms in total. The molecule has 1 amide bonds. The van der Waals surface area contributed by atoms with E-state index >= 15 is 0 Å². The number of piperidine rings is 1. The largest absolute Gasteiger partial charge is 0.396 e. The number of likely N-dealkylation sites (tertiary alicyclic amines) is 1. The van der Waals surface area contributed by atoms with Crippen LogP contribution in [0.5, 0.6) is 0 Å². The zero-order chi connectivity index (χ0) is 13.3. The lowest BCUT2D eigenvalue weighted by atomic mass is 10.0. The molecule has 2 rings (SSSR count). The smallest absolute Gasteiger partial charge is 0.257 e. The number of benzene rings is 1. The minimum atomic E-state index is -0.834. The van der Waals surface area contributed by atoms with Crippen LogP contribution in [0.4, 0.5) is 14.5 Å². The van der Waals surface area contributed by atoms with Gasteiger partial charge in [0.2, 0.25) is 0 Å². The number of hydrogen-bond donors (Lipinski definition) is 1. The Labute approximate surface area is 105 Å². The van der Waals surface area contributed by atoms with E-state index in [2.05, 4.69) is 0 Å². The molecule has 0 aliphatic carbocycles. The van der Waals surface area contributed by atoms with Gasteiger partial charge in [-0.2, -0.15) is 0 Å². The number of carbonyl (C=O) groups is 1. The molecule has 1 aromatic carbocycles. The molecule has 1 aliphatic rings. The number of anilines is 1. The summed E-state index contributed by atoms with van der Waals surface area (Å²) in [6.45, 7) is 2.49. The predicted octanol–water partition coefficient (Wildman–Crippen LogP) is 2.56. The van der Waals surface area contributed by atoms with Crippen molar-refractivity contribution in [2.24, 2.45) is 0 Å². The molecule has 1 unspecified atom stereocenters. The molecular weight excluding hydrogens is 238 g/mol. The van der Waals surface area contributed by atoms with Gasteiger partial charge in [0.25, 0.3) is 5.91 Å². The summed E-state index contributed by atoms with van der Waals surface area (Å²) >= 11 is 0. The standard InChI is InChI=1S/C13H16F2N2O/c1-8-4-2-3-5-17(8)13(18)10-6-9(14)7-11(16)12(10)15/h6-8H,2-5,16H2,1H3. The van der Waals surface area contributed by atoms with Gasteiger partial charge in [-0.25, -0.2) is 8.78 Å². The molecule has 98 valence electrons. The first-order valence-corrected chi connectivity index (χ1v) is 6.06. The minimum absolute atomic E-state index is 0.0511. The second-order valence-corrected chi connectivity index (χ2v) is 4.70. The number of halogens is 2. The average Bonchev–Trinajstić information content (AvgIpc) is 2.33. The van der Waals surface area contributed by atoms with Gasteiger partial charge in [-0.05, 0) is 38.3 Å². The normalized spacial score (nSPS) is 19.9. The van der Waals surface area contributed by atoms with Crippen LogP contribution in [0.1, 0.15) is 36.5 Å². The summed E-state index contributed by atoms with van der Waals surface area (Å²) in [4.78, 5) is 13.8. The first-order valence-electron chi connectivity index (χ1n) is 6.06. The summed E-state index contributed by atoms with van der Waals surface area (Å²) in [5, 5.41) is 0. The van der Waals surface area contributed by atoms with Crippen molar-refractivity contribution in [1.29, 1.82) is 0 Å². The summed E-state index contributed by atoms with van der Waals surface area (Å²) in [5.74, 6) is -2.01. The van der Waals surface area contributed by atoms with Gasteiger partial charge >= 0.3 is 0 Å². The van der Waals surface area contributed by atoms with Crippen molar-refractivity contribution < 1.29 is 13.6 Å². The van der Waals surface area contributed by atoms with Crippen LogP contribution in [0.15, 0.2) is 12.1 Å². The minimum Gasteiger partial charge on any atom is -0.396 e. The number of nitrogens with two attached hydrogens (primary N) is 1. The van der Waals surface area contributed by atoms with E-state index in [1.54, 1.807) is 4.90 Å². The Kier molecular flexibility index (Phi) is 3.50. The van der Waals surface area contributed by atoms with E-state index in [1.807, 2.05) is 6.92 Å². The molecule has 1 atom stereocenters. The van der Waals surface area contributed by atoms with Crippen LogP contribution in [-0.2, 0) is 0 Å². The quantitative estimate of drug-likeness (QED) is 0.783. The van der Waals surface area contributed by atoms with Gasteiger partial charge in [-0.15, -0.1) is 0 Å². The molecule has 1 aromatic rings. The van der Waals surface area contributed by atoms with Gasteiger partial charge in [0.05, 0.1) is 11.3 Å². The number of nitrogens with zero attached hydrogens (tertiary/aromatic N) is 1. The lowest BCUT2D eigenvalue weighted by Gasteiger charge is -2.33. The van der Waals surface area contributed by atoms with E-state index in [4.69, 9.17) is 5.73 Å². The number of carbonyl (C=O) groups excluding carboxylic acids is 1. The SMILES string of the molecule is CC1CCCCN1C(=O)c1cc(F)cc(N)c1F. The second-order valence-electron chi connectivity index (χ2n) is 4.70. The highest BCUT2D eigenvalue weighted by Gasteiger charge is 2.27. The third-order valence-corrected chi connectivity index (χ3v) is 3.36. The Morgan fingerprint density at radius 3 is 2.78 bits per heavy atom. The van der Waals surface area contributed by atoms with Crippen LogP contribution in [0.25, 0.3) is 0 Å². The third kappa shape index (κ3) is 2.30. The monoisotopic (exact) mass is 254 g/mol. The van der Waals surface area contributed by atoms with Crippen molar-refractivity contribution in [3.8, 4) is 0 Å². The molecule has 5 heteroatoms. The number of hydrogen-bond acceptors (Lipinski definition) is 2. The molecule has 1 aliphatic heterocycles. The van der Waals surface area contributed by atoms with Crippen LogP contribution in [-0.4, -0.2) is 23.4 Å². The molecule has 0 bridgehead atoms. The third-order valence-electron chi connectivity index (χ3n) is 3.36. The number of amides is 1. The number of nitrogen functional groups attached to an aromatic ring is 1. The molecule has 1 fully saturated rings. The van der Waals surface area contributed by atoms with Gasteiger partial charge in [-0.1, -0.05) is 0 Å². The fraction of sp³-hybridized carbons (Fsp3) is 0.462. The van der Waals surface area contributed by atoms with Gasteiger partial charge in [-0.3, -0.25) is 4.79 Å². The van der Waals surface area contributed by atoms with Crippen LogP contribution in [0.2, 0.25) is 0 Å². The summed E-state index contributed by atoms with van der Waals surface area (Å²) in [6.07, 6.45) is 2.83. The van der Waals surface area contributed by atoms with Crippen molar-refractivity contribution in [2.75, 3.05) is 12.3 Å². The Bertz CT molecular complexity index is 476. The zero-order valence-electron chi connectivity index (χ0n) is 10.2. The molecular formula is C13H16F2N2O. The van der Waals surface area contributed by atoms with Gasteiger partial charge in [0.1, 0.15) is 5.82 Å². The van der Waals surface area contributed by atoms with Crippen molar-refractivity contribution in [2.45, 2.75) is 32.2 Å². The first kappa shape index (κ1) is 12.8. The lowest BCUT2D eigenvalue weighted by molar-refractivity contribution is 0.0630. The number of rotatable bonds is 1. The maximum atomic E-state index is 13.8. The van der Waals surface area contributed by atoms with E-state index in [0.29, 0.717) is 6.54 Å². The highest BCUT2D eigenvalue weighted by atomic mass is 19.1. The van der Waals surface area contributed by atoms with Crippen molar-refractivity contribution in [1.82, 2.24) is 4.90 Å². The molecule has 0 saturated carbocycles. The van der Waals surface area contributed by atoms with Crippen molar-refractivity contribution >= 4 is 11.6 Å². The van der Waals surface area contributed by atoms with Gasteiger partial charge < -0.3 is 10.6 Å². The van der Waals surface area contributed by atoms with Gasteiger partial charge in [0, 0.05) is 12.6 Å². The van der Waals surface area contributed by atoms with E-state index < -0.39 is 17.5 Å². The molecule has 0 aromatic heterocycles. The van der Waals surface area contributed by atoms with Crippen LogP contribution in [0.3, 0.4) is 0 Å². The van der Waals surface area contributed by atoms with Crippen LogP contribution < -0.4 is 5.73 Å². The van der Waals surface area contributed by atoms with Crippen LogP contribution >= 0.6 is 0 Å². The molecule has 0 spiro atoms. The Morgan fingerprint density at radius 1 is 1.39 bits per heavy atom. The topological polar surface area (TPSA) is 46.3 Å².